The summed E-state index contributed by atoms with van der Waals surface area (Å²) < 4.78 is 0. The Hall–Kier alpha value is -1.06. The van der Waals surface area contributed by atoms with E-state index in [0.717, 1.165) is 12.8 Å². The van der Waals surface area contributed by atoms with E-state index in [0.29, 0.717) is 0 Å². The van der Waals surface area contributed by atoms with Crippen LogP contribution in [0.1, 0.15) is 47.0 Å². The number of carbonyl (C=O) groups is 2. The maximum absolute atomic E-state index is 11.2. The van der Waals surface area contributed by atoms with E-state index in [1.54, 1.807) is 0 Å². The summed E-state index contributed by atoms with van der Waals surface area (Å²) >= 11 is 0. The van der Waals surface area contributed by atoms with Crippen LogP contribution in [0.15, 0.2) is 0 Å². The van der Waals surface area contributed by atoms with Crippen molar-refractivity contribution in [3.05, 3.63) is 0 Å². The summed E-state index contributed by atoms with van der Waals surface area (Å²) in [5.74, 6) is -2.86. The maximum Gasteiger partial charge on any atom is 0.306 e. The standard InChI is InChI=1S/C13H24O4/c1-5-8(3)10(12(14)15)7-11(13(16)17)9(4)6-2/h8-11H,5-7H2,1-4H3,(H,14,15)(H,16,17)/t8-,9-,10+,11+/m0/s1. The summed E-state index contributed by atoms with van der Waals surface area (Å²) in [7, 11) is 0. The average Bonchev–Trinajstić information content (AvgIpc) is 2.27. The van der Waals surface area contributed by atoms with Crippen LogP contribution in [0.5, 0.6) is 0 Å². The smallest absolute Gasteiger partial charge is 0.306 e. The van der Waals surface area contributed by atoms with Crippen LogP contribution in [-0.4, -0.2) is 22.2 Å². The van der Waals surface area contributed by atoms with Gasteiger partial charge in [0.1, 0.15) is 0 Å². The Kier molecular flexibility index (Phi) is 6.85. The SMILES string of the molecule is CC[C@H](C)[C@@H](C[C@@H](C(=O)O)[C@@H](C)CC)C(=O)O. The molecule has 0 aromatic rings. The molecule has 2 N–H and O–H groups in total. The van der Waals surface area contributed by atoms with Crippen LogP contribution < -0.4 is 0 Å². The van der Waals surface area contributed by atoms with Crippen LogP contribution in [0.3, 0.4) is 0 Å². The number of hydrogen-bond donors (Lipinski definition) is 2. The summed E-state index contributed by atoms with van der Waals surface area (Å²) in [5.41, 5.74) is 0. The summed E-state index contributed by atoms with van der Waals surface area (Å²) in [6.45, 7) is 7.60. The Morgan fingerprint density at radius 3 is 1.35 bits per heavy atom. The molecule has 0 aromatic carbocycles. The molecule has 0 bridgehead atoms. The first-order valence-corrected chi connectivity index (χ1v) is 6.30. The highest BCUT2D eigenvalue weighted by Crippen LogP contribution is 2.29. The highest BCUT2D eigenvalue weighted by molar-refractivity contribution is 5.74. The number of hydrogen-bond acceptors (Lipinski definition) is 2. The normalized spacial score (nSPS) is 18.1. The molecule has 0 saturated heterocycles. The quantitative estimate of drug-likeness (QED) is 0.688. The summed E-state index contributed by atoms with van der Waals surface area (Å²) in [6, 6.07) is 0. The lowest BCUT2D eigenvalue weighted by Crippen LogP contribution is -2.30. The molecule has 0 radical (unpaired) electrons. The Morgan fingerprint density at radius 1 is 0.882 bits per heavy atom. The fourth-order valence-electron chi connectivity index (χ4n) is 2.00. The van der Waals surface area contributed by atoms with Gasteiger partial charge in [0, 0.05) is 0 Å². The molecule has 4 atom stereocenters. The third kappa shape index (κ3) is 4.75. The van der Waals surface area contributed by atoms with Crippen molar-refractivity contribution in [3.63, 3.8) is 0 Å². The molecule has 0 fully saturated rings. The number of rotatable bonds is 8. The fraction of sp³-hybridized carbons (Fsp3) is 0.846. The van der Waals surface area contributed by atoms with Crippen LogP contribution in [-0.2, 0) is 9.59 Å². The molecule has 0 saturated carbocycles. The van der Waals surface area contributed by atoms with Crippen LogP contribution in [0.4, 0.5) is 0 Å². The van der Waals surface area contributed by atoms with Crippen molar-refractivity contribution in [1.29, 1.82) is 0 Å². The lowest BCUT2D eigenvalue weighted by atomic mass is 9.79. The summed E-state index contributed by atoms with van der Waals surface area (Å²) in [6.07, 6.45) is 1.74. The zero-order chi connectivity index (χ0) is 13.6. The van der Waals surface area contributed by atoms with Gasteiger partial charge in [0.2, 0.25) is 0 Å². The molecule has 0 rings (SSSR count). The lowest BCUT2D eigenvalue weighted by molar-refractivity contribution is -0.148. The van der Waals surface area contributed by atoms with Gasteiger partial charge in [0.05, 0.1) is 11.8 Å². The van der Waals surface area contributed by atoms with Gasteiger partial charge in [-0.15, -0.1) is 0 Å². The predicted molar refractivity (Wildman–Crippen MR) is 65.8 cm³/mol. The minimum absolute atomic E-state index is 0.0124. The van der Waals surface area contributed by atoms with Crippen molar-refractivity contribution in [2.45, 2.75) is 47.0 Å². The second-order valence-electron chi connectivity index (χ2n) is 4.90. The first kappa shape index (κ1) is 15.9. The van der Waals surface area contributed by atoms with Crippen LogP contribution in [0, 0.1) is 23.7 Å². The number of carboxylic acid groups (broad SMARTS) is 2. The first-order valence-electron chi connectivity index (χ1n) is 6.30. The molecule has 0 spiro atoms. The first-order chi connectivity index (χ1) is 7.84. The van der Waals surface area contributed by atoms with Crippen molar-refractivity contribution < 1.29 is 19.8 Å². The second kappa shape index (κ2) is 7.30. The van der Waals surface area contributed by atoms with E-state index in [1.807, 2.05) is 27.7 Å². The monoisotopic (exact) mass is 244 g/mol. The average molecular weight is 244 g/mol. The maximum atomic E-state index is 11.2. The van der Waals surface area contributed by atoms with Crippen molar-refractivity contribution in [2.24, 2.45) is 23.7 Å². The molecular formula is C13H24O4. The van der Waals surface area contributed by atoms with Crippen molar-refractivity contribution in [3.8, 4) is 0 Å². The van der Waals surface area contributed by atoms with Crippen molar-refractivity contribution in [1.82, 2.24) is 0 Å². The van der Waals surface area contributed by atoms with Gasteiger partial charge in [-0.2, -0.15) is 0 Å². The highest BCUT2D eigenvalue weighted by atomic mass is 16.4. The number of aliphatic carboxylic acids is 2. The van der Waals surface area contributed by atoms with E-state index < -0.39 is 23.8 Å². The molecule has 17 heavy (non-hydrogen) atoms. The molecule has 0 aromatic heterocycles. The summed E-state index contributed by atoms with van der Waals surface area (Å²) in [5, 5.41) is 18.3. The number of carboxylic acids is 2. The zero-order valence-electron chi connectivity index (χ0n) is 11.1. The Labute approximate surface area is 103 Å². The molecule has 0 aliphatic heterocycles. The van der Waals surface area contributed by atoms with Gasteiger partial charge < -0.3 is 10.2 Å². The van der Waals surface area contributed by atoms with Gasteiger partial charge in [0.15, 0.2) is 0 Å². The van der Waals surface area contributed by atoms with E-state index in [-0.39, 0.29) is 18.3 Å². The molecule has 0 aliphatic carbocycles. The Balaban J connectivity index is 4.80. The molecule has 100 valence electrons. The van der Waals surface area contributed by atoms with Crippen LogP contribution >= 0.6 is 0 Å². The lowest BCUT2D eigenvalue weighted by Gasteiger charge is -2.25. The van der Waals surface area contributed by atoms with Gasteiger partial charge in [-0.3, -0.25) is 9.59 Å². The van der Waals surface area contributed by atoms with Crippen LogP contribution in [0.25, 0.3) is 0 Å². The largest absolute Gasteiger partial charge is 0.481 e. The van der Waals surface area contributed by atoms with E-state index in [2.05, 4.69) is 0 Å². The van der Waals surface area contributed by atoms with Crippen molar-refractivity contribution in [2.75, 3.05) is 0 Å². The van der Waals surface area contributed by atoms with E-state index in [9.17, 15) is 9.59 Å². The molecule has 4 heteroatoms. The van der Waals surface area contributed by atoms with Gasteiger partial charge >= 0.3 is 11.9 Å². The third-order valence-corrected chi connectivity index (χ3v) is 3.80. The molecular weight excluding hydrogens is 220 g/mol. The van der Waals surface area contributed by atoms with Gasteiger partial charge in [-0.25, -0.2) is 0 Å². The highest BCUT2D eigenvalue weighted by Gasteiger charge is 2.32. The summed E-state index contributed by atoms with van der Waals surface area (Å²) in [4.78, 5) is 22.4. The van der Waals surface area contributed by atoms with Crippen molar-refractivity contribution >= 4 is 11.9 Å². The van der Waals surface area contributed by atoms with Gasteiger partial charge in [0.25, 0.3) is 0 Å². The minimum atomic E-state index is -0.881. The van der Waals surface area contributed by atoms with E-state index in [4.69, 9.17) is 10.2 Å². The third-order valence-electron chi connectivity index (χ3n) is 3.80. The van der Waals surface area contributed by atoms with Crippen LogP contribution in [0.2, 0.25) is 0 Å². The van der Waals surface area contributed by atoms with E-state index >= 15 is 0 Å². The van der Waals surface area contributed by atoms with Gasteiger partial charge in [-0.05, 0) is 18.3 Å². The molecule has 0 amide bonds. The fourth-order valence-corrected chi connectivity index (χ4v) is 2.00. The zero-order valence-corrected chi connectivity index (χ0v) is 11.1. The Bertz CT molecular complexity index is 236. The molecule has 0 unspecified atom stereocenters. The topological polar surface area (TPSA) is 74.6 Å². The predicted octanol–water partition coefficient (Wildman–Crippen LogP) is 2.87. The van der Waals surface area contributed by atoms with Gasteiger partial charge in [-0.1, -0.05) is 40.5 Å². The Morgan fingerprint density at radius 2 is 1.18 bits per heavy atom. The van der Waals surface area contributed by atoms with E-state index in [1.165, 1.54) is 0 Å². The molecule has 0 aliphatic rings. The second-order valence-corrected chi connectivity index (χ2v) is 4.90. The minimum Gasteiger partial charge on any atom is -0.481 e. The molecule has 0 heterocycles. The molecule has 4 nitrogen and oxygen atoms in total.